The number of likely N-dealkylation sites (N-methyl/N-ethyl adjacent to an activating group) is 1. The van der Waals surface area contributed by atoms with E-state index in [0.29, 0.717) is 16.5 Å². The number of ether oxygens (including phenoxy) is 1. The molecule has 0 radical (unpaired) electrons. The molecular formula is C12H14ClN3O. The molecule has 90 valence electrons. The van der Waals surface area contributed by atoms with Crippen molar-refractivity contribution >= 4 is 11.6 Å². The second kappa shape index (κ2) is 5.70. The van der Waals surface area contributed by atoms with Crippen LogP contribution in [0.4, 0.5) is 0 Å². The summed E-state index contributed by atoms with van der Waals surface area (Å²) < 4.78 is 7.46. The quantitative estimate of drug-likeness (QED) is 0.888. The van der Waals surface area contributed by atoms with E-state index < -0.39 is 0 Å². The van der Waals surface area contributed by atoms with Gasteiger partial charge in [0.2, 0.25) is 0 Å². The summed E-state index contributed by atoms with van der Waals surface area (Å²) in [5, 5.41) is 7.84. The van der Waals surface area contributed by atoms with Gasteiger partial charge in [-0.15, -0.1) is 0 Å². The molecule has 1 heterocycles. The lowest BCUT2D eigenvalue weighted by molar-refractivity contribution is 0.480. The zero-order valence-corrected chi connectivity index (χ0v) is 10.3. The molecular weight excluding hydrogens is 238 g/mol. The van der Waals surface area contributed by atoms with Crippen LogP contribution in [0.1, 0.15) is 0 Å². The summed E-state index contributed by atoms with van der Waals surface area (Å²) in [6.45, 7) is 1.68. The largest absolute Gasteiger partial charge is 0.452 e. The standard InChI is InChI=1S/C12H14ClN3O/c1-14-6-7-16-9-10(8-15-16)17-12-5-3-2-4-11(12)13/h2-5,8-9,14H,6-7H2,1H3. The van der Waals surface area contributed by atoms with Crippen LogP contribution in [0.15, 0.2) is 36.7 Å². The first-order valence-electron chi connectivity index (χ1n) is 5.39. The van der Waals surface area contributed by atoms with Gasteiger partial charge in [0.05, 0.1) is 24.0 Å². The van der Waals surface area contributed by atoms with Crippen molar-refractivity contribution in [1.82, 2.24) is 15.1 Å². The summed E-state index contributed by atoms with van der Waals surface area (Å²) in [5.74, 6) is 1.33. The molecule has 0 amide bonds. The Morgan fingerprint density at radius 3 is 3.00 bits per heavy atom. The lowest BCUT2D eigenvalue weighted by atomic mass is 10.3. The number of hydrogen-bond acceptors (Lipinski definition) is 3. The maximum atomic E-state index is 6.00. The average molecular weight is 252 g/mol. The van der Waals surface area contributed by atoms with Gasteiger partial charge >= 0.3 is 0 Å². The number of hydrogen-bond donors (Lipinski definition) is 1. The second-order valence-electron chi connectivity index (χ2n) is 3.58. The molecule has 0 aliphatic carbocycles. The van der Waals surface area contributed by atoms with Crippen molar-refractivity contribution in [3.63, 3.8) is 0 Å². The monoisotopic (exact) mass is 251 g/mol. The molecule has 1 aromatic heterocycles. The lowest BCUT2D eigenvalue weighted by Crippen LogP contribution is -2.14. The summed E-state index contributed by atoms with van der Waals surface area (Å²) in [4.78, 5) is 0. The first-order chi connectivity index (χ1) is 8.29. The van der Waals surface area contributed by atoms with Crippen molar-refractivity contribution in [2.24, 2.45) is 0 Å². The Labute approximate surface area is 105 Å². The van der Waals surface area contributed by atoms with E-state index in [4.69, 9.17) is 16.3 Å². The van der Waals surface area contributed by atoms with E-state index in [1.165, 1.54) is 0 Å². The van der Waals surface area contributed by atoms with Crippen LogP contribution in [0.25, 0.3) is 0 Å². The molecule has 4 nitrogen and oxygen atoms in total. The van der Waals surface area contributed by atoms with Gasteiger partial charge in [0.1, 0.15) is 5.75 Å². The molecule has 0 spiro atoms. The summed E-state index contributed by atoms with van der Waals surface area (Å²) in [6.07, 6.45) is 3.53. The van der Waals surface area contributed by atoms with Crippen LogP contribution in [-0.4, -0.2) is 23.4 Å². The Balaban J connectivity index is 2.04. The number of benzene rings is 1. The first-order valence-corrected chi connectivity index (χ1v) is 5.77. The summed E-state index contributed by atoms with van der Waals surface area (Å²) in [6, 6.07) is 7.37. The second-order valence-corrected chi connectivity index (χ2v) is 3.98. The molecule has 0 saturated heterocycles. The summed E-state index contributed by atoms with van der Waals surface area (Å²) >= 11 is 6.00. The van der Waals surface area contributed by atoms with Crippen LogP contribution >= 0.6 is 11.6 Å². The van der Waals surface area contributed by atoms with Crippen molar-refractivity contribution < 1.29 is 4.74 Å². The third-order valence-corrected chi connectivity index (χ3v) is 2.58. The summed E-state index contributed by atoms with van der Waals surface area (Å²) in [5.41, 5.74) is 0. The van der Waals surface area contributed by atoms with Crippen molar-refractivity contribution in [2.45, 2.75) is 6.54 Å². The van der Waals surface area contributed by atoms with Crippen LogP contribution in [0, 0.1) is 0 Å². The van der Waals surface area contributed by atoms with Crippen LogP contribution in [-0.2, 0) is 6.54 Å². The van der Waals surface area contributed by atoms with E-state index in [-0.39, 0.29) is 0 Å². The Hall–Kier alpha value is -1.52. The van der Waals surface area contributed by atoms with E-state index >= 15 is 0 Å². The molecule has 0 aliphatic heterocycles. The molecule has 0 aliphatic rings. The number of rotatable bonds is 5. The third kappa shape index (κ3) is 3.22. The average Bonchev–Trinajstić information content (AvgIpc) is 2.77. The Kier molecular flexibility index (Phi) is 4.01. The molecule has 0 atom stereocenters. The molecule has 0 fully saturated rings. The summed E-state index contributed by atoms with van der Waals surface area (Å²) in [7, 11) is 1.91. The predicted molar refractivity (Wildman–Crippen MR) is 67.7 cm³/mol. The maximum Gasteiger partial charge on any atom is 0.165 e. The van der Waals surface area contributed by atoms with Gasteiger partial charge < -0.3 is 10.1 Å². The van der Waals surface area contributed by atoms with E-state index in [1.807, 2.05) is 36.1 Å². The van der Waals surface area contributed by atoms with Crippen LogP contribution in [0.2, 0.25) is 5.02 Å². The van der Waals surface area contributed by atoms with Gasteiger partial charge in [-0.05, 0) is 19.2 Å². The Bertz CT molecular complexity index is 484. The number of aromatic nitrogens is 2. The van der Waals surface area contributed by atoms with Gasteiger partial charge in [-0.25, -0.2) is 0 Å². The van der Waals surface area contributed by atoms with Gasteiger partial charge in [0, 0.05) is 6.54 Å². The molecule has 0 saturated carbocycles. The molecule has 2 rings (SSSR count). The van der Waals surface area contributed by atoms with E-state index in [9.17, 15) is 0 Å². The Morgan fingerprint density at radius 1 is 1.41 bits per heavy atom. The fourth-order valence-corrected chi connectivity index (χ4v) is 1.57. The van der Waals surface area contributed by atoms with Gasteiger partial charge in [0.25, 0.3) is 0 Å². The van der Waals surface area contributed by atoms with Gasteiger partial charge in [-0.2, -0.15) is 5.10 Å². The molecule has 1 aromatic carbocycles. The topological polar surface area (TPSA) is 39.1 Å². The van der Waals surface area contributed by atoms with Crippen molar-refractivity contribution in [2.75, 3.05) is 13.6 Å². The highest BCUT2D eigenvalue weighted by Crippen LogP contribution is 2.28. The third-order valence-electron chi connectivity index (χ3n) is 2.26. The highest BCUT2D eigenvalue weighted by atomic mass is 35.5. The van der Waals surface area contributed by atoms with E-state index in [0.717, 1.165) is 13.1 Å². The molecule has 2 aromatic rings. The molecule has 0 unspecified atom stereocenters. The number of nitrogens with zero attached hydrogens (tertiary/aromatic N) is 2. The highest BCUT2D eigenvalue weighted by molar-refractivity contribution is 6.32. The minimum Gasteiger partial charge on any atom is -0.452 e. The first kappa shape index (κ1) is 12.0. The van der Waals surface area contributed by atoms with Crippen molar-refractivity contribution in [3.8, 4) is 11.5 Å². The number of para-hydroxylation sites is 1. The lowest BCUT2D eigenvalue weighted by Gasteiger charge is -2.04. The van der Waals surface area contributed by atoms with Gasteiger partial charge in [0.15, 0.2) is 5.75 Å². The van der Waals surface area contributed by atoms with Crippen molar-refractivity contribution in [1.29, 1.82) is 0 Å². The highest BCUT2D eigenvalue weighted by Gasteiger charge is 2.04. The SMILES string of the molecule is CNCCn1cc(Oc2ccccc2Cl)cn1. The van der Waals surface area contributed by atoms with Gasteiger partial charge in [-0.1, -0.05) is 23.7 Å². The number of nitrogens with one attached hydrogen (secondary N) is 1. The van der Waals surface area contributed by atoms with E-state index in [2.05, 4.69) is 10.4 Å². The van der Waals surface area contributed by atoms with E-state index in [1.54, 1.807) is 12.3 Å². The molecule has 1 N–H and O–H groups in total. The normalized spacial score (nSPS) is 10.5. The van der Waals surface area contributed by atoms with Crippen LogP contribution < -0.4 is 10.1 Å². The predicted octanol–water partition coefficient (Wildman–Crippen LogP) is 2.55. The molecule has 17 heavy (non-hydrogen) atoms. The minimum atomic E-state index is 0.593. The van der Waals surface area contributed by atoms with Crippen LogP contribution in [0.5, 0.6) is 11.5 Å². The molecule has 5 heteroatoms. The zero-order valence-electron chi connectivity index (χ0n) is 9.56. The van der Waals surface area contributed by atoms with Gasteiger partial charge in [-0.3, -0.25) is 4.68 Å². The molecule has 0 bridgehead atoms. The van der Waals surface area contributed by atoms with Crippen LogP contribution in [0.3, 0.4) is 0 Å². The zero-order chi connectivity index (χ0) is 12.1. The number of halogens is 1. The fraction of sp³-hybridized carbons (Fsp3) is 0.250. The fourth-order valence-electron chi connectivity index (χ4n) is 1.40. The smallest absolute Gasteiger partial charge is 0.165 e. The maximum absolute atomic E-state index is 6.00. The minimum absolute atomic E-state index is 0.593. The Morgan fingerprint density at radius 2 is 2.24 bits per heavy atom. The van der Waals surface area contributed by atoms with Crippen molar-refractivity contribution in [3.05, 3.63) is 41.7 Å².